The second-order valence-corrected chi connectivity index (χ2v) is 5.30. The summed E-state index contributed by atoms with van der Waals surface area (Å²) in [6.45, 7) is 4.17. The van der Waals surface area contributed by atoms with Gasteiger partial charge in [0.05, 0.1) is 5.56 Å². The molecule has 1 aromatic carbocycles. The van der Waals surface area contributed by atoms with Gasteiger partial charge in [-0.2, -0.15) is 0 Å². The lowest BCUT2D eigenvalue weighted by Crippen LogP contribution is -2.42. The molecule has 1 saturated heterocycles. The molecule has 19 heavy (non-hydrogen) atoms. The third kappa shape index (κ3) is 3.32. The van der Waals surface area contributed by atoms with Crippen molar-refractivity contribution in [2.24, 2.45) is 5.92 Å². The van der Waals surface area contributed by atoms with E-state index in [1.807, 2.05) is 14.0 Å². The molecule has 1 heterocycles. The van der Waals surface area contributed by atoms with Crippen molar-refractivity contribution in [3.05, 3.63) is 35.1 Å². The number of benzene rings is 1. The maximum atomic E-state index is 13.8. The van der Waals surface area contributed by atoms with E-state index >= 15 is 0 Å². The summed E-state index contributed by atoms with van der Waals surface area (Å²) in [7, 11) is 1.92. The number of hydrogen-bond donors (Lipinski definition) is 1. The number of nitrogens with one attached hydrogen (secondary N) is 1. The lowest BCUT2D eigenvalue weighted by molar-refractivity contribution is 0.0669. The summed E-state index contributed by atoms with van der Waals surface area (Å²) < 4.78 is 13.8. The van der Waals surface area contributed by atoms with Gasteiger partial charge in [-0.1, -0.05) is 6.07 Å². The van der Waals surface area contributed by atoms with Gasteiger partial charge in [0, 0.05) is 13.1 Å². The van der Waals surface area contributed by atoms with E-state index in [9.17, 15) is 9.18 Å². The van der Waals surface area contributed by atoms with Crippen LogP contribution < -0.4 is 5.32 Å². The van der Waals surface area contributed by atoms with E-state index in [0.717, 1.165) is 31.5 Å². The minimum Gasteiger partial charge on any atom is -0.338 e. The first-order valence-electron chi connectivity index (χ1n) is 6.82. The molecule has 1 atom stereocenters. The third-order valence-corrected chi connectivity index (χ3v) is 3.65. The number of likely N-dealkylation sites (tertiary alicyclic amines) is 1. The number of rotatable bonds is 3. The van der Waals surface area contributed by atoms with Gasteiger partial charge >= 0.3 is 0 Å². The fourth-order valence-corrected chi connectivity index (χ4v) is 2.67. The molecule has 1 aromatic rings. The van der Waals surface area contributed by atoms with Crippen LogP contribution in [0.3, 0.4) is 0 Å². The average Bonchev–Trinajstić information content (AvgIpc) is 2.39. The van der Waals surface area contributed by atoms with Crippen LogP contribution in [0.5, 0.6) is 0 Å². The Morgan fingerprint density at radius 3 is 3.00 bits per heavy atom. The maximum absolute atomic E-state index is 13.8. The van der Waals surface area contributed by atoms with Crippen LogP contribution in [-0.2, 0) is 0 Å². The Morgan fingerprint density at radius 2 is 2.32 bits per heavy atom. The molecule has 0 aliphatic carbocycles. The van der Waals surface area contributed by atoms with Gasteiger partial charge in [-0.15, -0.1) is 0 Å². The fourth-order valence-electron chi connectivity index (χ4n) is 2.67. The van der Waals surface area contributed by atoms with Crippen LogP contribution in [0.4, 0.5) is 4.39 Å². The van der Waals surface area contributed by atoms with Gasteiger partial charge < -0.3 is 10.2 Å². The Morgan fingerprint density at radius 1 is 1.53 bits per heavy atom. The van der Waals surface area contributed by atoms with Crippen LogP contribution in [-0.4, -0.2) is 37.5 Å². The van der Waals surface area contributed by atoms with Crippen molar-refractivity contribution in [1.82, 2.24) is 10.2 Å². The first-order chi connectivity index (χ1) is 9.11. The third-order valence-electron chi connectivity index (χ3n) is 3.65. The lowest BCUT2D eigenvalue weighted by atomic mass is 9.97. The van der Waals surface area contributed by atoms with Crippen LogP contribution in [0.1, 0.15) is 28.8 Å². The first-order valence-corrected chi connectivity index (χ1v) is 6.82. The molecular formula is C15H21FN2O. The summed E-state index contributed by atoms with van der Waals surface area (Å²) in [5, 5.41) is 3.14. The summed E-state index contributed by atoms with van der Waals surface area (Å²) in [6.07, 6.45) is 2.12. The average molecular weight is 264 g/mol. The van der Waals surface area contributed by atoms with E-state index in [-0.39, 0.29) is 11.5 Å². The number of carbonyl (C=O) groups is 1. The van der Waals surface area contributed by atoms with Crippen LogP contribution >= 0.6 is 0 Å². The molecule has 1 unspecified atom stereocenters. The topological polar surface area (TPSA) is 32.3 Å². The van der Waals surface area contributed by atoms with Crippen molar-refractivity contribution >= 4 is 5.91 Å². The van der Waals surface area contributed by atoms with Crippen LogP contribution in [0.2, 0.25) is 0 Å². The van der Waals surface area contributed by atoms with E-state index in [1.54, 1.807) is 17.0 Å². The Bertz CT molecular complexity index is 459. The Labute approximate surface area is 113 Å². The number of carbonyl (C=O) groups excluding carboxylic acids is 1. The molecule has 4 heteroatoms. The summed E-state index contributed by atoms with van der Waals surface area (Å²) in [4.78, 5) is 14.1. The zero-order chi connectivity index (χ0) is 13.8. The molecule has 0 spiro atoms. The molecule has 1 amide bonds. The molecule has 3 nitrogen and oxygen atoms in total. The molecule has 1 N–H and O–H groups in total. The van der Waals surface area contributed by atoms with Crippen LogP contribution in [0.25, 0.3) is 0 Å². The summed E-state index contributed by atoms with van der Waals surface area (Å²) >= 11 is 0. The maximum Gasteiger partial charge on any atom is 0.256 e. The van der Waals surface area contributed by atoms with Gasteiger partial charge in [-0.3, -0.25) is 4.79 Å². The standard InChI is InChI=1S/C15H21FN2O/c1-11-5-6-13(14(16)8-11)15(19)18-7-3-4-12(10-18)9-17-2/h5-6,8,12,17H,3-4,7,9-10H2,1-2H3. The summed E-state index contributed by atoms with van der Waals surface area (Å²) in [5.41, 5.74) is 1.02. The van der Waals surface area contributed by atoms with Crippen molar-refractivity contribution < 1.29 is 9.18 Å². The molecule has 2 rings (SSSR count). The van der Waals surface area contributed by atoms with Gasteiger partial charge in [0.2, 0.25) is 0 Å². The minimum atomic E-state index is -0.416. The molecule has 1 fully saturated rings. The highest BCUT2D eigenvalue weighted by Crippen LogP contribution is 2.19. The molecule has 104 valence electrons. The number of aryl methyl sites for hydroxylation is 1. The van der Waals surface area contributed by atoms with Crippen molar-refractivity contribution in [2.75, 3.05) is 26.7 Å². The first kappa shape index (κ1) is 14.0. The highest BCUT2D eigenvalue weighted by atomic mass is 19.1. The van der Waals surface area contributed by atoms with E-state index in [0.29, 0.717) is 12.5 Å². The van der Waals surface area contributed by atoms with E-state index in [2.05, 4.69) is 5.32 Å². The van der Waals surface area contributed by atoms with Crippen molar-refractivity contribution in [1.29, 1.82) is 0 Å². The minimum absolute atomic E-state index is 0.182. The van der Waals surface area contributed by atoms with Gasteiger partial charge in [0.25, 0.3) is 5.91 Å². The van der Waals surface area contributed by atoms with Gasteiger partial charge in [-0.25, -0.2) is 4.39 Å². The number of halogens is 1. The smallest absolute Gasteiger partial charge is 0.256 e. The zero-order valence-corrected chi connectivity index (χ0v) is 11.6. The Kier molecular flexibility index (Phi) is 4.53. The number of amides is 1. The van der Waals surface area contributed by atoms with Crippen molar-refractivity contribution in [2.45, 2.75) is 19.8 Å². The molecule has 1 aliphatic rings. The Hall–Kier alpha value is -1.42. The molecule has 0 bridgehead atoms. The van der Waals surface area contributed by atoms with Crippen molar-refractivity contribution in [3.63, 3.8) is 0 Å². The molecular weight excluding hydrogens is 243 g/mol. The Balaban J connectivity index is 2.10. The quantitative estimate of drug-likeness (QED) is 0.907. The highest BCUT2D eigenvalue weighted by Gasteiger charge is 2.25. The number of nitrogens with zero attached hydrogens (tertiary/aromatic N) is 1. The molecule has 0 aromatic heterocycles. The van der Waals surface area contributed by atoms with E-state index in [4.69, 9.17) is 0 Å². The normalized spacial score (nSPS) is 19.5. The SMILES string of the molecule is CNCC1CCCN(C(=O)c2ccc(C)cc2F)C1. The lowest BCUT2D eigenvalue weighted by Gasteiger charge is -2.32. The predicted molar refractivity (Wildman–Crippen MR) is 73.7 cm³/mol. The van der Waals surface area contributed by atoms with Gasteiger partial charge in [0.15, 0.2) is 0 Å². The molecule has 0 radical (unpaired) electrons. The predicted octanol–water partition coefficient (Wildman–Crippen LogP) is 2.21. The number of hydrogen-bond acceptors (Lipinski definition) is 2. The number of piperidine rings is 1. The largest absolute Gasteiger partial charge is 0.338 e. The molecule has 0 saturated carbocycles. The second-order valence-electron chi connectivity index (χ2n) is 5.30. The second kappa shape index (κ2) is 6.15. The summed E-state index contributed by atoms with van der Waals surface area (Å²) in [6, 6.07) is 4.79. The monoisotopic (exact) mass is 264 g/mol. The van der Waals surface area contributed by atoms with E-state index in [1.165, 1.54) is 6.07 Å². The van der Waals surface area contributed by atoms with Crippen molar-refractivity contribution in [3.8, 4) is 0 Å². The van der Waals surface area contributed by atoms with Gasteiger partial charge in [-0.05, 0) is 57.0 Å². The zero-order valence-electron chi connectivity index (χ0n) is 11.6. The van der Waals surface area contributed by atoms with Crippen LogP contribution in [0.15, 0.2) is 18.2 Å². The molecule has 1 aliphatic heterocycles. The van der Waals surface area contributed by atoms with E-state index < -0.39 is 5.82 Å². The van der Waals surface area contributed by atoms with Gasteiger partial charge in [0.1, 0.15) is 5.82 Å². The fraction of sp³-hybridized carbons (Fsp3) is 0.533. The van der Waals surface area contributed by atoms with Crippen LogP contribution in [0, 0.1) is 18.7 Å². The highest BCUT2D eigenvalue weighted by molar-refractivity contribution is 5.94. The summed E-state index contributed by atoms with van der Waals surface area (Å²) in [5.74, 6) is -0.129.